The smallest absolute Gasteiger partial charge is 0.254 e. The van der Waals surface area contributed by atoms with Crippen molar-refractivity contribution < 1.29 is 9.18 Å². The van der Waals surface area contributed by atoms with Gasteiger partial charge >= 0.3 is 0 Å². The minimum atomic E-state index is -0.282. The minimum Gasteiger partial charge on any atom is -0.330 e. The van der Waals surface area contributed by atoms with E-state index in [4.69, 9.17) is 10.7 Å². The molecule has 0 fully saturated rings. The molecule has 0 saturated carbocycles. The zero-order chi connectivity index (χ0) is 24.9. The van der Waals surface area contributed by atoms with Crippen LogP contribution >= 0.6 is 0 Å². The second-order valence-electron chi connectivity index (χ2n) is 9.37. The van der Waals surface area contributed by atoms with Gasteiger partial charge in [0, 0.05) is 18.7 Å². The first-order chi connectivity index (χ1) is 16.9. The highest BCUT2D eigenvalue weighted by atomic mass is 19.1. The number of nitrogens with two attached hydrogens (primary N) is 1. The lowest BCUT2D eigenvalue weighted by molar-refractivity contribution is 0.0605. The van der Waals surface area contributed by atoms with Gasteiger partial charge in [-0.1, -0.05) is 50.2 Å². The van der Waals surface area contributed by atoms with E-state index in [9.17, 15) is 9.18 Å². The van der Waals surface area contributed by atoms with Crippen LogP contribution in [0.3, 0.4) is 0 Å². The van der Waals surface area contributed by atoms with Gasteiger partial charge in [0.05, 0.1) is 17.1 Å². The highest BCUT2D eigenvalue weighted by Crippen LogP contribution is 2.33. The number of carbonyl (C=O) groups excluding carboxylic acids is 1. The quantitative estimate of drug-likeness (QED) is 0.339. The highest BCUT2D eigenvalue weighted by Gasteiger charge is 2.32. The van der Waals surface area contributed by atoms with Crippen molar-refractivity contribution in [2.24, 2.45) is 11.7 Å². The summed E-state index contributed by atoms with van der Waals surface area (Å²) in [5.41, 5.74) is 10.3. The highest BCUT2D eigenvalue weighted by molar-refractivity contribution is 5.94. The van der Waals surface area contributed by atoms with E-state index in [1.54, 1.807) is 12.1 Å². The molecule has 2 N–H and O–H groups in total. The molecule has 182 valence electrons. The zero-order valence-electron chi connectivity index (χ0n) is 20.6. The predicted octanol–water partition coefficient (Wildman–Crippen LogP) is 5.72. The fourth-order valence-corrected chi connectivity index (χ4v) is 4.64. The third-order valence-electron chi connectivity index (χ3n) is 6.28. The standard InChI is InChI=1S/C29H33FN4O/c1-20(2)27(33(16-8-15-31)29(35)23-10-5-4-6-11-23)28-32-25-17-21(3)13-14-26(25)34(28)19-22-9-7-12-24(30)18-22/h4-7,9-14,17-18,20,27H,8,15-16,19,31H2,1-3H3/t27-/m1/s1. The summed E-state index contributed by atoms with van der Waals surface area (Å²) in [5.74, 6) is 0.572. The molecule has 0 radical (unpaired) electrons. The van der Waals surface area contributed by atoms with Crippen molar-refractivity contribution in [3.8, 4) is 0 Å². The van der Waals surface area contributed by atoms with Gasteiger partial charge < -0.3 is 15.2 Å². The Kier molecular flexibility index (Phi) is 7.61. The van der Waals surface area contributed by atoms with Gasteiger partial charge in [-0.2, -0.15) is 0 Å². The van der Waals surface area contributed by atoms with E-state index in [0.29, 0.717) is 31.6 Å². The number of hydrogen-bond donors (Lipinski definition) is 1. The average Bonchev–Trinajstić information content (AvgIpc) is 3.18. The number of rotatable bonds is 9. The molecule has 0 aliphatic carbocycles. The summed E-state index contributed by atoms with van der Waals surface area (Å²) < 4.78 is 16.1. The number of imidazole rings is 1. The number of amides is 1. The van der Waals surface area contributed by atoms with Gasteiger partial charge in [0.25, 0.3) is 5.91 Å². The molecule has 6 heteroatoms. The Morgan fingerprint density at radius 2 is 1.83 bits per heavy atom. The van der Waals surface area contributed by atoms with Gasteiger partial charge in [0.1, 0.15) is 11.6 Å². The molecule has 35 heavy (non-hydrogen) atoms. The molecule has 1 heterocycles. The summed E-state index contributed by atoms with van der Waals surface area (Å²) in [5, 5.41) is 0. The molecule has 4 aromatic rings. The molecule has 0 saturated heterocycles. The van der Waals surface area contributed by atoms with Crippen molar-refractivity contribution in [3.63, 3.8) is 0 Å². The molecule has 5 nitrogen and oxygen atoms in total. The zero-order valence-corrected chi connectivity index (χ0v) is 20.6. The van der Waals surface area contributed by atoms with Crippen LogP contribution in [0.15, 0.2) is 72.8 Å². The summed E-state index contributed by atoms with van der Waals surface area (Å²) in [6.45, 7) is 7.72. The maximum absolute atomic E-state index is 14.0. The number of fused-ring (bicyclic) bond motifs is 1. The molecule has 1 aromatic heterocycles. The predicted molar refractivity (Wildman–Crippen MR) is 139 cm³/mol. The number of benzene rings is 3. The van der Waals surface area contributed by atoms with Crippen molar-refractivity contribution in [2.45, 2.75) is 39.8 Å². The Hall–Kier alpha value is -3.51. The van der Waals surface area contributed by atoms with Gasteiger partial charge in [-0.3, -0.25) is 4.79 Å². The summed E-state index contributed by atoms with van der Waals surface area (Å²) in [6.07, 6.45) is 0.686. The van der Waals surface area contributed by atoms with Crippen molar-refractivity contribution in [3.05, 3.63) is 101 Å². The van der Waals surface area contributed by atoms with Crippen LogP contribution in [0, 0.1) is 18.7 Å². The van der Waals surface area contributed by atoms with Crippen LogP contribution in [0.25, 0.3) is 11.0 Å². The van der Waals surface area contributed by atoms with E-state index in [0.717, 1.165) is 28.0 Å². The van der Waals surface area contributed by atoms with Crippen LogP contribution in [-0.4, -0.2) is 33.4 Å². The number of hydrogen-bond acceptors (Lipinski definition) is 3. The van der Waals surface area contributed by atoms with E-state index in [1.807, 2.05) is 48.2 Å². The number of aryl methyl sites for hydroxylation is 1. The number of carbonyl (C=O) groups is 1. The van der Waals surface area contributed by atoms with Crippen LogP contribution in [0.1, 0.15) is 53.6 Å². The van der Waals surface area contributed by atoms with E-state index >= 15 is 0 Å². The Morgan fingerprint density at radius 3 is 2.51 bits per heavy atom. The maximum Gasteiger partial charge on any atom is 0.254 e. The normalized spacial score (nSPS) is 12.3. The van der Waals surface area contributed by atoms with Crippen LogP contribution in [0.4, 0.5) is 4.39 Å². The Balaban J connectivity index is 1.87. The fraction of sp³-hybridized carbons (Fsp3) is 0.310. The molecule has 0 aliphatic heterocycles. The Morgan fingerprint density at radius 1 is 1.06 bits per heavy atom. The molecule has 1 atom stereocenters. The molecule has 3 aromatic carbocycles. The molecular formula is C29H33FN4O. The van der Waals surface area contributed by atoms with Gasteiger partial charge in [-0.25, -0.2) is 9.37 Å². The maximum atomic E-state index is 14.0. The van der Waals surface area contributed by atoms with Gasteiger partial charge in [-0.05, 0) is 73.3 Å². The first-order valence-electron chi connectivity index (χ1n) is 12.2. The van der Waals surface area contributed by atoms with Crippen molar-refractivity contribution in [2.75, 3.05) is 13.1 Å². The van der Waals surface area contributed by atoms with E-state index in [2.05, 4.69) is 36.6 Å². The summed E-state index contributed by atoms with van der Waals surface area (Å²) in [4.78, 5) is 20.7. The van der Waals surface area contributed by atoms with Crippen molar-refractivity contribution in [1.29, 1.82) is 0 Å². The lowest BCUT2D eigenvalue weighted by Crippen LogP contribution is -2.40. The Bertz CT molecular complexity index is 1300. The monoisotopic (exact) mass is 472 g/mol. The molecule has 0 bridgehead atoms. The lowest BCUT2D eigenvalue weighted by atomic mass is 9.99. The molecule has 0 aliphatic rings. The average molecular weight is 473 g/mol. The van der Waals surface area contributed by atoms with Crippen molar-refractivity contribution in [1.82, 2.24) is 14.5 Å². The SMILES string of the molecule is Cc1ccc2c(c1)nc([C@@H](C(C)C)N(CCCN)C(=O)c1ccccc1)n2Cc1cccc(F)c1. The number of nitrogens with zero attached hydrogens (tertiary/aromatic N) is 3. The second-order valence-corrected chi connectivity index (χ2v) is 9.37. The minimum absolute atomic E-state index is 0.0432. The molecule has 4 rings (SSSR count). The lowest BCUT2D eigenvalue weighted by Gasteiger charge is -2.34. The van der Waals surface area contributed by atoms with Crippen LogP contribution in [0.5, 0.6) is 0 Å². The van der Waals surface area contributed by atoms with Crippen LogP contribution in [0.2, 0.25) is 0 Å². The topological polar surface area (TPSA) is 64.2 Å². The number of aromatic nitrogens is 2. The van der Waals surface area contributed by atoms with E-state index in [1.165, 1.54) is 6.07 Å². The van der Waals surface area contributed by atoms with Gasteiger partial charge in [0.2, 0.25) is 0 Å². The molecule has 1 amide bonds. The van der Waals surface area contributed by atoms with Crippen LogP contribution < -0.4 is 5.73 Å². The summed E-state index contributed by atoms with van der Waals surface area (Å²) >= 11 is 0. The molecular weight excluding hydrogens is 439 g/mol. The fourth-order valence-electron chi connectivity index (χ4n) is 4.64. The molecule has 0 unspecified atom stereocenters. The van der Waals surface area contributed by atoms with E-state index in [-0.39, 0.29) is 23.7 Å². The summed E-state index contributed by atoms with van der Waals surface area (Å²) in [6, 6.07) is 21.9. The van der Waals surface area contributed by atoms with Crippen LogP contribution in [-0.2, 0) is 6.54 Å². The largest absolute Gasteiger partial charge is 0.330 e. The van der Waals surface area contributed by atoms with E-state index < -0.39 is 0 Å². The first-order valence-corrected chi connectivity index (χ1v) is 12.2. The third-order valence-corrected chi connectivity index (χ3v) is 6.28. The van der Waals surface area contributed by atoms with Gasteiger partial charge in [0.15, 0.2) is 0 Å². The van der Waals surface area contributed by atoms with Crippen molar-refractivity contribution >= 4 is 16.9 Å². The third kappa shape index (κ3) is 5.43. The first kappa shape index (κ1) is 24.6. The van der Waals surface area contributed by atoms with Gasteiger partial charge in [-0.15, -0.1) is 0 Å². The number of halogens is 1. The summed E-state index contributed by atoms with van der Waals surface area (Å²) in [7, 11) is 0. The molecule has 0 spiro atoms. The second kappa shape index (κ2) is 10.8. The Labute approximate surface area is 206 Å².